The summed E-state index contributed by atoms with van der Waals surface area (Å²) in [5.41, 5.74) is 2.84. The number of methoxy groups -OCH3 is 1. The third-order valence-corrected chi connectivity index (χ3v) is 5.21. The first kappa shape index (κ1) is 17.5. The van der Waals surface area contributed by atoms with E-state index in [-0.39, 0.29) is 0 Å². The van der Waals surface area contributed by atoms with Crippen molar-refractivity contribution in [2.24, 2.45) is 0 Å². The van der Waals surface area contributed by atoms with E-state index in [0.717, 1.165) is 17.0 Å². The van der Waals surface area contributed by atoms with Crippen LogP contribution >= 0.6 is 34.5 Å². The first-order valence-corrected chi connectivity index (χ1v) is 8.92. The normalized spacial score (nSPS) is 11.2. The maximum Gasteiger partial charge on any atom is 0.134 e. The van der Waals surface area contributed by atoms with Gasteiger partial charge in [-0.3, -0.25) is 0 Å². The Labute approximate surface area is 159 Å². The minimum absolute atomic E-state index is 0.418. The number of rotatable bonds is 4. The maximum atomic E-state index is 9.52. The molecule has 0 aliphatic rings. The molecule has 0 saturated carbocycles. The van der Waals surface area contributed by atoms with Gasteiger partial charge in [-0.05, 0) is 29.8 Å². The molecule has 0 unspecified atom stereocenters. The molecular weight excluding hydrogens is 375 g/mol. The first-order chi connectivity index (χ1) is 12.1. The maximum absolute atomic E-state index is 9.52. The topological polar surface area (TPSA) is 45.9 Å². The van der Waals surface area contributed by atoms with Crippen LogP contribution in [0.1, 0.15) is 10.6 Å². The van der Waals surface area contributed by atoms with Crippen molar-refractivity contribution in [3.05, 3.63) is 68.5 Å². The van der Waals surface area contributed by atoms with Gasteiger partial charge in [-0.1, -0.05) is 47.5 Å². The average Bonchev–Trinajstić information content (AvgIpc) is 3.13. The van der Waals surface area contributed by atoms with Gasteiger partial charge in [0.1, 0.15) is 16.8 Å². The van der Waals surface area contributed by atoms with Crippen LogP contribution in [-0.4, -0.2) is 12.1 Å². The fourth-order valence-corrected chi connectivity index (χ4v) is 3.40. The molecular formula is C19H12Cl2N2OS. The van der Waals surface area contributed by atoms with Gasteiger partial charge in [-0.25, -0.2) is 4.98 Å². The van der Waals surface area contributed by atoms with Crippen LogP contribution in [0, 0.1) is 11.3 Å². The molecule has 25 heavy (non-hydrogen) atoms. The third kappa shape index (κ3) is 3.85. The SMILES string of the molecule is COc1cccc(-c2csc(/C(C#N)=C/c3cccc(Cl)c3Cl)n2)c1. The lowest BCUT2D eigenvalue weighted by atomic mass is 10.1. The van der Waals surface area contributed by atoms with E-state index >= 15 is 0 Å². The smallest absolute Gasteiger partial charge is 0.134 e. The number of aromatic nitrogens is 1. The second-order valence-corrected chi connectivity index (χ2v) is 6.73. The van der Waals surface area contributed by atoms with Gasteiger partial charge >= 0.3 is 0 Å². The lowest BCUT2D eigenvalue weighted by molar-refractivity contribution is 0.415. The highest BCUT2D eigenvalue weighted by atomic mass is 35.5. The lowest BCUT2D eigenvalue weighted by Crippen LogP contribution is -1.85. The van der Waals surface area contributed by atoms with Crippen LogP contribution in [0.3, 0.4) is 0 Å². The number of hydrogen-bond donors (Lipinski definition) is 0. The van der Waals surface area contributed by atoms with Crippen molar-refractivity contribution >= 4 is 46.2 Å². The molecule has 1 aromatic heterocycles. The molecule has 0 aliphatic heterocycles. The van der Waals surface area contributed by atoms with Gasteiger partial charge in [0, 0.05) is 10.9 Å². The molecule has 0 N–H and O–H groups in total. The Bertz CT molecular complexity index is 989. The Morgan fingerprint density at radius 2 is 2.04 bits per heavy atom. The van der Waals surface area contributed by atoms with Crippen LogP contribution < -0.4 is 4.74 Å². The van der Waals surface area contributed by atoms with Gasteiger partial charge in [0.15, 0.2) is 0 Å². The first-order valence-electron chi connectivity index (χ1n) is 7.28. The number of hydrogen-bond acceptors (Lipinski definition) is 4. The number of halogens is 2. The van der Waals surface area contributed by atoms with Crippen molar-refractivity contribution in [3.63, 3.8) is 0 Å². The highest BCUT2D eigenvalue weighted by molar-refractivity contribution is 7.11. The molecule has 0 spiro atoms. The Morgan fingerprint density at radius 3 is 2.80 bits per heavy atom. The molecule has 6 heteroatoms. The second-order valence-electron chi connectivity index (χ2n) is 5.08. The zero-order valence-corrected chi connectivity index (χ0v) is 15.5. The number of allylic oxidation sites excluding steroid dienone is 1. The fraction of sp³-hybridized carbons (Fsp3) is 0.0526. The summed E-state index contributed by atoms with van der Waals surface area (Å²) in [5.74, 6) is 0.758. The molecule has 3 rings (SSSR count). The lowest BCUT2D eigenvalue weighted by Gasteiger charge is -2.02. The summed E-state index contributed by atoms with van der Waals surface area (Å²) in [4.78, 5) is 4.57. The van der Waals surface area contributed by atoms with E-state index in [4.69, 9.17) is 27.9 Å². The van der Waals surface area contributed by atoms with Crippen LogP contribution in [0.25, 0.3) is 22.9 Å². The highest BCUT2D eigenvalue weighted by Gasteiger charge is 2.11. The molecule has 1 heterocycles. The molecule has 0 bridgehead atoms. The fourth-order valence-electron chi connectivity index (χ4n) is 2.24. The zero-order valence-electron chi connectivity index (χ0n) is 13.2. The molecule has 0 saturated heterocycles. The van der Waals surface area contributed by atoms with E-state index < -0.39 is 0 Å². The van der Waals surface area contributed by atoms with E-state index in [1.807, 2.05) is 35.7 Å². The van der Waals surface area contributed by atoms with Crippen molar-refractivity contribution in [1.29, 1.82) is 5.26 Å². The molecule has 0 radical (unpaired) electrons. The average molecular weight is 387 g/mol. The van der Waals surface area contributed by atoms with Gasteiger partial charge in [0.2, 0.25) is 0 Å². The molecule has 3 aromatic rings. The quantitative estimate of drug-likeness (QED) is 0.502. The van der Waals surface area contributed by atoms with Gasteiger partial charge in [-0.15, -0.1) is 11.3 Å². The Balaban J connectivity index is 1.98. The summed E-state index contributed by atoms with van der Waals surface area (Å²) in [6.07, 6.45) is 1.70. The van der Waals surface area contributed by atoms with Crippen molar-refractivity contribution in [3.8, 4) is 23.1 Å². The summed E-state index contributed by atoms with van der Waals surface area (Å²) in [6.45, 7) is 0. The number of benzene rings is 2. The molecule has 0 amide bonds. The summed E-state index contributed by atoms with van der Waals surface area (Å²) in [5, 5.41) is 12.9. The van der Waals surface area contributed by atoms with Crippen molar-refractivity contribution in [1.82, 2.24) is 4.98 Å². The predicted octanol–water partition coefficient (Wildman–Crippen LogP) is 6.19. The van der Waals surface area contributed by atoms with Crippen LogP contribution in [0.4, 0.5) is 0 Å². The zero-order chi connectivity index (χ0) is 17.8. The van der Waals surface area contributed by atoms with Crippen molar-refractivity contribution in [2.75, 3.05) is 7.11 Å². The number of thiazole rings is 1. The molecule has 0 atom stereocenters. The Hall–Kier alpha value is -2.32. The predicted molar refractivity (Wildman–Crippen MR) is 104 cm³/mol. The largest absolute Gasteiger partial charge is 0.497 e. The standard InChI is InChI=1S/C19H12Cl2N2OS/c1-24-15-6-2-4-12(9-15)17-11-25-19(23-17)14(10-22)8-13-5-3-7-16(20)18(13)21/h2-9,11H,1H3/b14-8+. The molecule has 124 valence electrons. The summed E-state index contributed by atoms with van der Waals surface area (Å²) < 4.78 is 5.24. The molecule has 0 fully saturated rings. The van der Waals surface area contributed by atoms with Gasteiger partial charge in [0.25, 0.3) is 0 Å². The van der Waals surface area contributed by atoms with Crippen LogP contribution in [0.2, 0.25) is 10.0 Å². The van der Waals surface area contributed by atoms with Crippen LogP contribution in [0.5, 0.6) is 5.75 Å². The van der Waals surface area contributed by atoms with Crippen LogP contribution in [0.15, 0.2) is 47.8 Å². The van der Waals surface area contributed by atoms with E-state index in [9.17, 15) is 5.26 Å². The van der Waals surface area contributed by atoms with E-state index in [0.29, 0.717) is 26.2 Å². The highest BCUT2D eigenvalue weighted by Crippen LogP contribution is 2.31. The van der Waals surface area contributed by atoms with Crippen molar-refractivity contribution < 1.29 is 4.74 Å². The van der Waals surface area contributed by atoms with Crippen molar-refractivity contribution in [2.45, 2.75) is 0 Å². The van der Waals surface area contributed by atoms with Gasteiger partial charge in [-0.2, -0.15) is 5.26 Å². The van der Waals surface area contributed by atoms with E-state index in [2.05, 4.69) is 11.1 Å². The number of nitrogens with zero attached hydrogens (tertiary/aromatic N) is 2. The minimum Gasteiger partial charge on any atom is -0.497 e. The Morgan fingerprint density at radius 1 is 1.24 bits per heavy atom. The monoisotopic (exact) mass is 386 g/mol. The third-order valence-electron chi connectivity index (χ3n) is 3.50. The van der Waals surface area contributed by atoms with E-state index in [1.165, 1.54) is 11.3 Å². The minimum atomic E-state index is 0.418. The summed E-state index contributed by atoms with van der Waals surface area (Å²) in [6, 6.07) is 15.1. The molecule has 2 aromatic carbocycles. The van der Waals surface area contributed by atoms with Crippen LogP contribution in [-0.2, 0) is 0 Å². The molecule has 0 aliphatic carbocycles. The van der Waals surface area contributed by atoms with Gasteiger partial charge < -0.3 is 4.74 Å². The Kier molecular flexibility index (Phi) is 5.40. The number of nitriles is 1. The second kappa shape index (κ2) is 7.71. The summed E-state index contributed by atoms with van der Waals surface area (Å²) in [7, 11) is 1.62. The molecule has 3 nitrogen and oxygen atoms in total. The number of ether oxygens (including phenoxy) is 1. The van der Waals surface area contributed by atoms with Gasteiger partial charge in [0.05, 0.1) is 28.4 Å². The van der Waals surface area contributed by atoms with E-state index in [1.54, 1.807) is 25.3 Å². The summed E-state index contributed by atoms with van der Waals surface area (Å²) >= 11 is 13.6.